The minimum atomic E-state index is 0.525. The summed E-state index contributed by atoms with van der Waals surface area (Å²) in [6.45, 7) is 0. The van der Waals surface area contributed by atoms with E-state index in [0.29, 0.717) is 10.0 Å². The van der Waals surface area contributed by atoms with E-state index in [-0.39, 0.29) is 0 Å². The molecule has 0 saturated carbocycles. The van der Waals surface area contributed by atoms with Gasteiger partial charge in [0.15, 0.2) is 0 Å². The average Bonchev–Trinajstić information content (AvgIpc) is 1.95. The van der Waals surface area contributed by atoms with Crippen LogP contribution in [-0.4, -0.2) is 0 Å². The molecule has 1 rings (SSSR count). The average molecular weight is 194 g/mol. The molecule has 0 aliphatic rings. The van der Waals surface area contributed by atoms with Crippen molar-refractivity contribution in [2.75, 3.05) is 0 Å². The van der Waals surface area contributed by atoms with Gasteiger partial charge in [0.2, 0.25) is 0 Å². The van der Waals surface area contributed by atoms with E-state index in [1.807, 2.05) is 12.1 Å². The fraction of sp³-hybridized carbons (Fsp3) is 0. The summed E-state index contributed by atoms with van der Waals surface area (Å²) < 4.78 is 0. The Morgan fingerprint density at radius 1 is 1.30 bits per heavy atom. The molecule has 0 aromatic heterocycles. The molecule has 0 heterocycles. The van der Waals surface area contributed by atoms with Crippen LogP contribution in [0.25, 0.3) is 0 Å². The van der Waals surface area contributed by atoms with Crippen LogP contribution in [-0.2, 0) is 0 Å². The lowest BCUT2D eigenvalue weighted by molar-refractivity contribution is 1.46. The maximum absolute atomic E-state index is 5.76. The van der Waals surface area contributed by atoms with E-state index in [4.69, 9.17) is 28.3 Å². The lowest BCUT2D eigenvalue weighted by atomic mass is 10.4. The summed E-state index contributed by atoms with van der Waals surface area (Å²) in [5.74, 6) is 0. The summed E-state index contributed by atoms with van der Waals surface area (Å²) in [4.78, 5) is 0.800. The predicted molar refractivity (Wildman–Crippen MR) is 46.5 cm³/mol. The van der Waals surface area contributed by atoms with Gasteiger partial charge < -0.3 is 0 Å². The molecule has 1 aromatic rings. The number of benzene rings is 1. The zero-order chi connectivity index (χ0) is 7.56. The van der Waals surface area contributed by atoms with E-state index in [0.717, 1.165) is 16.8 Å². The fourth-order valence-corrected chi connectivity index (χ4v) is 1.44. The van der Waals surface area contributed by atoms with Gasteiger partial charge in [0.05, 0.1) is 10.0 Å². The molecule has 4 heteroatoms. The third-order valence-corrected chi connectivity index (χ3v) is 2.57. The zero-order valence-electron chi connectivity index (χ0n) is 4.97. The minimum Gasteiger partial charge on any atom is -0.274 e. The van der Waals surface area contributed by atoms with E-state index in [2.05, 4.69) is 0 Å². The summed E-state index contributed by atoms with van der Waals surface area (Å²) in [6, 6.07) is 5.35. The van der Waals surface area contributed by atoms with Gasteiger partial charge in [-0.15, -0.1) is 0 Å². The van der Waals surface area contributed by atoms with Crippen LogP contribution in [0.3, 0.4) is 0 Å². The SMILES string of the molecule is NSc1cccc(Cl)c1Cl. The van der Waals surface area contributed by atoms with Gasteiger partial charge in [0.25, 0.3) is 0 Å². The predicted octanol–water partition coefficient (Wildman–Crippen LogP) is 2.96. The molecule has 0 aliphatic heterocycles. The molecule has 0 unspecified atom stereocenters. The molecule has 1 aromatic carbocycles. The number of hydrogen-bond acceptors (Lipinski definition) is 2. The first-order valence-corrected chi connectivity index (χ1v) is 4.20. The van der Waals surface area contributed by atoms with E-state index in [1.54, 1.807) is 6.07 Å². The van der Waals surface area contributed by atoms with Crippen LogP contribution < -0.4 is 5.14 Å². The van der Waals surface area contributed by atoms with Crippen molar-refractivity contribution >= 4 is 35.1 Å². The standard InChI is InChI=1S/C6H5Cl2NS/c7-4-2-1-3-5(10-9)6(4)8/h1-3H,9H2. The van der Waals surface area contributed by atoms with Crippen LogP contribution >= 0.6 is 35.1 Å². The Balaban J connectivity index is 3.14. The third kappa shape index (κ3) is 1.58. The first-order chi connectivity index (χ1) is 4.75. The third-order valence-electron chi connectivity index (χ3n) is 1.04. The van der Waals surface area contributed by atoms with Crippen LogP contribution in [0, 0.1) is 0 Å². The van der Waals surface area contributed by atoms with Crippen molar-refractivity contribution in [1.29, 1.82) is 0 Å². The molecule has 0 fully saturated rings. The van der Waals surface area contributed by atoms with Crippen molar-refractivity contribution in [3.63, 3.8) is 0 Å². The van der Waals surface area contributed by atoms with Crippen molar-refractivity contribution in [3.05, 3.63) is 28.2 Å². The summed E-state index contributed by atoms with van der Waals surface area (Å²) >= 11 is 12.5. The van der Waals surface area contributed by atoms with E-state index >= 15 is 0 Å². The normalized spacial score (nSPS) is 9.90. The molecule has 10 heavy (non-hydrogen) atoms. The van der Waals surface area contributed by atoms with Crippen LogP contribution in [0.4, 0.5) is 0 Å². The summed E-state index contributed by atoms with van der Waals surface area (Å²) in [6.07, 6.45) is 0. The van der Waals surface area contributed by atoms with Crippen molar-refractivity contribution in [3.8, 4) is 0 Å². The van der Waals surface area contributed by atoms with Gasteiger partial charge in [-0.25, -0.2) is 0 Å². The van der Waals surface area contributed by atoms with Gasteiger partial charge in [-0.05, 0) is 24.1 Å². The number of nitrogens with two attached hydrogens (primary N) is 1. The van der Waals surface area contributed by atoms with Crippen molar-refractivity contribution in [2.24, 2.45) is 5.14 Å². The summed E-state index contributed by atoms with van der Waals surface area (Å²) in [7, 11) is 0. The van der Waals surface area contributed by atoms with Gasteiger partial charge in [-0.1, -0.05) is 29.3 Å². The van der Waals surface area contributed by atoms with Gasteiger partial charge in [-0.2, -0.15) is 0 Å². The molecule has 0 radical (unpaired) electrons. The first-order valence-electron chi connectivity index (χ1n) is 2.56. The molecule has 2 N–H and O–H groups in total. The lowest BCUT2D eigenvalue weighted by Gasteiger charge is -1.99. The Kier molecular flexibility index (Phi) is 2.86. The van der Waals surface area contributed by atoms with E-state index in [1.165, 1.54) is 0 Å². The Bertz CT molecular complexity index is 239. The molecule has 0 saturated heterocycles. The molecule has 0 aliphatic carbocycles. The van der Waals surface area contributed by atoms with Gasteiger partial charge >= 0.3 is 0 Å². The Labute approximate surface area is 73.6 Å². The largest absolute Gasteiger partial charge is 0.274 e. The highest BCUT2D eigenvalue weighted by Gasteiger charge is 2.01. The van der Waals surface area contributed by atoms with Crippen LogP contribution in [0.1, 0.15) is 0 Å². The van der Waals surface area contributed by atoms with Gasteiger partial charge in [0.1, 0.15) is 0 Å². The highest BCUT2D eigenvalue weighted by atomic mass is 35.5. The summed E-state index contributed by atoms with van der Waals surface area (Å²) in [5.41, 5.74) is 0. The molecular formula is C6H5Cl2NS. The zero-order valence-corrected chi connectivity index (χ0v) is 7.30. The maximum atomic E-state index is 5.76. The minimum absolute atomic E-state index is 0.525. The number of halogens is 2. The maximum Gasteiger partial charge on any atom is 0.0741 e. The highest BCUT2D eigenvalue weighted by Crippen LogP contribution is 2.29. The quantitative estimate of drug-likeness (QED) is 0.695. The lowest BCUT2D eigenvalue weighted by Crippen LogP contribution is -1.80. The monoisotopic (exact) mass is 193 g/mol. The summed E-state index contributed by atoms with van der Waals surface area (Å²) in [5, 5.41) is 6.36. The number of hydrogen-bond donors (Lipinski definition) is 1. The van der Waals surface area contributed by atoms with Crippen molar-refractivity contribution < 1.29 is 0 Å². The van der Waals surface area contributed by atoms with E-state index < -0.39 is 0 Å². The second-order valence-electron chi connectivity index (χ2n) is 1.67. The van der Waals surface area contributed by atoms with Gasteiger partial charge in [-0.3, -0.25) is 5.14 Å². The smallest absolute Gasteiger partial charge is 0.0741 e. The van der Waals surface area contributed by atoms with Gasteiger partial charge in [0, 0.05) is 4.90 Å². The molecule has 54 valence electrons. The topological polar surface area (TPSA) is 26.0 Å². The molecule has 0 amide bonds. The van der Waals surface area contributed by atoms with Crippen molar-refractivity contribution in [2.45, 2.75) is 4.90 Å². The second-order valence-corrected chi connectivity index (χ2v) is 3.13. The first kappa shape index (κ1) is 8.21. The Morgan fingerprint density at radius 2 is 2.00 bits per heavy atom. The fourth-order valence-electron chi connectivity index (χ4n) is 0.575. The Hall–Kier alpha value is 0.110. The number of rotatable bonds is 1. The van der Waals surface area contributed by atoms with E-state index in [9.17, 15) is 0 Å². The van der Waals surface area contributed by atoms with Crippen LogP contribution in [0.15, 0.2) is 23.1 Å². The molecule has 1 nitrogen and oxygen atoms in total. The highest BCUT2D eigenvalue weighted by molar-refractivity contribution is 7.97. The Morgan fingerprint density at radius 3 is 2.50 bits per heavy atom. The molecule has 0 bridgehead atoms. The van der Waals surface area contributed by atoms with Crippen molar-refractivity contribution in [1.82, 2.24) is 0 Å². The van der Waals surface area contributed by atoms with Crippen LogP contribution in [0.5, 0.6) is 0 Å². The molecular weight excluding hydrogens is 189 g/mol. The van der Waals surface area contributed by atoms with Crippen LogP contribution in [0.2, 0.25) is 10.0 Å². The second kappa shape index (κ2) is 3.49. The molecule has 0 atom stereocenters. The molecule has 0 spiro atoms.